The van der Waals surface area contributed by atoms with Crippen LogP contribution >= 0.6 is 0 Å². The van der Waals surface area contributed by atoms with Crippen molar-refractivity contribution in [2.24, 2.45) is 0 Å². The fraction of sp³-hybridized carbons (Fsp3) is 0.625. The van der Waals surface area contributed by atoms with Gasteiger partial charge in [0.15, 0.2) is 0 Å². The third kappa shape index (κ3) is 6.37. The summed E-state index contributed by atoms with van der Waals surface area (Å²) < 4.78 is 37.9. The topological polar surface area (TPSA) is 79.9 Å². The molecule has 8 heteroatoms. The van der Waals surface area contributed by atoms with Crippen molar-refractivity contribution in [1.82, 2.24) is 14.9 Å². The highest BCUT2D eigenvalue weighted by Crippen LogP contribution is 2.15. The Hall–Kier alpha value is -1.19. The summed E-state index contributed by atoms with van der Waals surface area (Å²) >= 11 is 0. The van der Waals surface area contributed by atoms with Crippen LogP contribution in [-0.2, 0) is 14.8 Å². The van der Waals surface area contributed by atoms with Crippen LogP contribution in [0.4, 0.5) is 0 Å². The van der Waals surface area contributed by atoms with Gasteiger partial charge in [-0.1, -0.05) is 0 Å². The van der Waals surface area contributed by atoms with E-state index in [1.54, 1.807) is 24.3 Å². The monoisotopic (exact) mass is 357 g/mol. The molecule has 0 saturated carbocycles. The van der Waals surface area contributed by atoms with E-state index in [4.69, 9.17) is 9.47 Å². The molecule has 0 unspecified atom stereocenters. The number of hydrogen-bond acceptors (Lipinski definition) is 6. The average Bonchev–Trinajstić information content (AvgIpc) is 2.60. The number of piperazine rings is 1. The number of sulfonamides is 1. The molecule has 1 aliphatic heterocycles. The first-order valence-corrected chi connectivity index (χ1v) is 9.83. The first kappa shape index (κ1) is 19.1. The molecule has 1 saturated heterocycles. The predicted octanol–water partition coefficient (Wildman–Crippen LogP) is 0.285. The van der Waals surface area contributed by atoms with Gasteiger partial charge in [-0.15, -0.1) is 0 Å². The second kappa shape index (κ2) is 9.95. The molecule has 0 spiro atoms. The lowest BCUT2D eigenvalue weighted by Crippen LogP contribution is -2.46. The van der Waals surface area contributed by atoms with E-state index in [9.17, 15) is 8.42 Å². The summed E-state index contributed by atoms with van der Waals surface area (Å²) in [6.45, 7) is 8.50. The van der Waals surface area contributed by atoms with Gasteiger partial charge in [-0.25, -0.2) is 13.1 Å². The molecule has 1 aromatic carbocycles. The van der Waals surface area contributed by atoms with Crippen molar-refractivity contribution in [2.45, 2.75) is 11.8 Å². The highest BCUT2D eigenvalue weighted by Gasteiger charge is 2.15. The number of benzene rings is 1. The fourth-order valence-corrected chi connectivity index (χ4v) is 3.46. The minimum atomic E-state index is -3.48. The van der Waals surface area contributed by atoms with Crippen LogP contribution in [0.5, 0.6) is 5.75 Å². The molecular weight excluding hydrogens is 330 g/mol. The third-order valence-electron chi connectivity index (χ3n) is 3.76. The Kier molecular flexibility index (Phi) is 7.93. The highest BCUT2D eigenvalue weighted by atomic mass is 32.2. The van der Waals surface area contributed by atoms with Gasteiger partial charge in [0.1, 0.15) is 12.4 Å². The minimum Gasteiger partial charge on any atom is -0.491 e. The van der Waals surface area contributed by atoms with Gasteiger partial charge in [0.05, 0.1) is 11.5 Å². The van der Waals surface area contributed by atoms with Crippen LogP contribution in [0.2, 0.25) is 0 Å². The number of ether oxygens (including phenoxy) is 2. The Bertz CT molecular complexity index is 571. The zero-order valence-corrected chi connectivity index (χ0v) is 15.0. The molecule has 0 aliphatic carbocycles. The summed E-state index contributed by atoms with van der Waals surface area (Å²) in [5.41, 5.74) is 0. The van der Waals surface area contributed by atoms with E-state index in [1.165, 1.54) is 0 Å². The second-order valence-electron chi connectivity index (χ2n) is 5.51. The number of nitrogens with zero attached hydrogens (tertiary/aromatic N) is 1. The number of hydrogen-bond donors (Lipinski definition) is 2. The Morgan fingerprint density at radius 2 is 1.88 bits per heavy atom. The quantitative estimate of drug-likeness (QED) is 0.586. The summed E-state index contributed by atoms with van der Waals surface area (Å²) in [5.74, 6) is 0.634. The molecule has 0 aromatic heterocycles. The summed E-state index contributed by atoms with van der Waals surface area (Å²) in [4.78, 5) is 2.49. The van der Waals surface area contributed by atoms with Crippen LogP contribution in [0.1, 0.15) is 6.92 Å². The Balaban J connectivity index is 1.78. The lowest BCUT2D eigenvalue weighted by molar-refractivity contribution is 0.110. The summed E-state index contributed by atoms with van der Waals surface area (Å²) in [7, 11) is -3.48. The average molecular weight is 357 g/mol. The van der Waals surface area contributed by atoms with Gasteiger partial charge in [-0.05, 0) is 31.2 Å². The van der Waals surface area contributed by atoms with Crippen LogP contribution in [0, 0.1) is 0 Å². The van der Waals surface area contributed by atoms with Crippen molar-refractivity contribution in [3.63, 3.8) is 0 Å². The van der Waals surface area contributed by atoms with Crippen molar-refractivity contribution in [3.05, 3.63) is 24.3 Å². The zero-order chi connectivity index (χ0) is 17.3. The predicted molar refractivity (Wildman–Crippen MR) is 92.9 cm³/mol. The van der Waals surface area contributed by atoms with Crippen LogP contribution in [-0.4, -0.2) is 72.4 Å². The molecule has 2 rings (SSSR count). The molecule has 1 fully saturated rings. The normalized spacial score (nSPS) is 16.2. The molecule has 136 valence electrons. The largest absolute Gasteiger partial charge is 0.491 e. The Morgan fingerprint density at radius 3 is 2.54 bits per heavy atom. The first-order chi connectivity index (χ1) is 11.6. The second-order valence-corrected chi connectivity index (χ2v) is 7.27. The molecule has 1 aromatic rings. The van der Waals surface area contributed by atoms with Gasteiger partial charge < -0.3 is 14.8 Å². The van der Waals surface area contributed by atoms with E-state index in [1.807, 2.05) is 6.92 Å². The summed E-state index contributed by atoms with van der Waals surface area (Å²) in [5, 5.41) is 3.27. The maximum absolute atomic E-state index is 12.3. The lowest BCUT2D eigenvalue weighted by atomic mass is 10.3. The highest BCUT2D eigenvalue weighted by molar-refractivity contribution is 7.89. The van der Waals surface area contributed by atoms with Gasteiger partial charge in [-0.3, -0.25) is 4.90 Å². The smallest absolute Gasteiger partial charge is 0.240 e. The van der Waals surface area contributed by atoms with Crippen molar-refractivity contribution < 1.29 is 17.9 Å². The molecule has 0 amide bonds. The van der Waals surface area contributed by atoms with Gasteiger partial charge in [-0.2, -0.15) is 0 Å². The fourth-order valence-electron chi connectivity index (χ4n) is 2.43. The molecule has 1 heterocycles. The van der Waals surface area contributed by atoms with Gasteiger partial charge in [0.2, 0.25) is 10.0 Å². The van der Waals surface area contributed by atoms with Crippen LogP contribution in [0.3, 0.4) is 0 Å². The lowest BCUT2D eigenvalue weighted by Gasteiger charge is -2.27. The molecule has 0 bridgehead atoms. The van der Waals surface area contributed by atoms with E-state index >= 15 is 0 Å². The molecule has 0 radical (unpaired) electrons. The molecule has 0 atom stereocenters. The van der Waals surface area contributed by atoms with Crippen LogP contribution in [0.25, 0.3) is 0 Å². The summed E-state index contributed by atoms with van der Waals surface area (Å²) in [6, 6.07) is 6.44. The van der Waals surface area contributed by atoms with Crippen LogP contribution in [0.15, 0.2) is 29.2 Å². The summed E-state index contributed by atoms with van der Waals surface area (Å²) in [6.07, 6.45) is 0. The van der Waals surface area contributed by atoms with Gasteiger partial charge in [0.25, 0.3) is 0 Å². The first-order valence-electron chi connectivity index (χ1n) is 8.35. The third-order valence-corrected chi connectivity index (χ3v) is 5.24. The van der Waals surface area contributed by atoms with Crippen molar-refractivity contribution >= 4 is 10.0 Å². The van der Waals surface area contributed by atoms with E-state index in [0.29, 0.717) is 32.1 Å². The molecule has 2 N–H and O–H groups in total. The SMILES string of the molecule is CCOCCOc1ccc(S(=O)(=O)NCCN2CCNCC2)cc1. The maximum Gasteiger partial charge on any atom is 0.240 e. The van der Waals surface area contributed by atoms with E-state index in [-0.39, 0.29) is 4.90 Å². The standard InChI is InChI=1S/C16H27N3O4S/c1-2-22-13-14-23-15-3-5-16(6-4-15)24(20,21)18-9-12-19-10-7-17-8-11-19/h3-6,17-18H,2,7-14H2,1H3. The maximum atomic E-state index is 12.3. The Morgan fingerprint density at radius 1 is 1.17 bits per heavy atom. The van der Waals surface area contributed by atoms with E-state index in [0.717, 1.165) is 32.7 Å². The Labute approximate surface area is 144 Å². The van der Waals surface area contributed by atoms with E-state index in [2.05, 4.69) is 14.9 Å². The number of rotatable bonds is 10. The molecule has 24 heavy (non-hydrogen) atoms. The van der Waals surface area contributed by atoms with Gasteiger partial charge >= 0.3 is 0 Å². The molecule has 7 nitrogen and oxygen atoms in total. The van der Waals surface area contributed by atoms with Crippen molar-refractivity contribution in [3.8, 4) is 5.75 Å². The van der Waals surface area contributed by atoms with Crippen LogP contribution < -0.4 is 14.8 Å². The van der Waals surface area contributed by atoms with Crippen molar-refractivity contribution in [1.29, 1.82) is 0 Å². The van der Waals surface area contributed by atoms with Crippen molar-refractivity contribution in [2.75, 3.05) is 59.1 Å². The van der Waals surface area contributed by atoms with Gasteiger partial charge in [0, 0.05) is 45.9 Å². The minimum absolute atomic E-state index is 0.250. The number of nitrogens with one attached hydrogen (secondary N) is 2. The zero-order valence-electron chi connectivity index (χ0n) is 14.2. The van der Waals surface area contributed by atoms with E-state index < -0.39 is 10.0 Å². The molecular formula is C16H27N3O4S. The molecule has 1 aliphatic rings.